The van der Waals surface area contributed by atoms with Crippen molar-refractivity contribution in [3.8, 4) is 0 Å². The number of nitrogens with zero attached hydrogens (tertiary/aromatic N) is 3. The number of sulfone groups is 1. The van der Waals surface area contributed by atoms with Crippen LogP contribution in [-0.4, -0.2) is 49.7 Å². The number of fused-ring (bicyclic) bond motifs is 1. The molecule has 3 heterocycles. The molecule has 0 aliphatic carbocycles. The molecule has 0 saturated carbocycles. The van der Waals surface area contributed by atoms with Crippen LogP contribution in [0, 0.1) is 0 Å². The van der Waals surface area contributed by atoms with Crippen LogP contribution in [-0.2, 0) is 14.6 Å². The quantitative estimate of drug-likeness (QED) is 0.674. The average Bonchev–Trinajstić information content (AvgIpc) is 3.05. The summed E-state index contributed by atoms with van der Waals surface area (Å²) in [7, 11) is -1.91. The lowest BCUT2D eigenvalue weighted by molar-refractivity contribution is 0.0215. The van der Waals surface area contributed by atoms with E-state index in [1.807, 2.05) is 11.9 Å². The highest BCUT2D eigenvalue weighted by Gasteiger charge is 2.28. The van der Waals surface area contributed by atoms with E-state index in [2.05, 4.69) is 15.0 Å². The number of nitrogen functional groups attached to an aromatic ring is 1. The molecule has 9 heteroatoms. The Morgan fingerprint density at radius 2 is 2.04 bits per heavy atom. The van der Waals surface area contributed by atoms with Gasteiger partial charge in [-0.1, -0.05) is 18.2 Å². The molecule has 1 unspecified atom stereocenters. The zero-order chi connectivity index (χ0) is 19.7. The van der Waals surface area contributed by atoms with Crippen molar-refractivity contribution in [3.63, 3.8) is 0 Å². The Hall–Kier alpha value is -2.65. The van der Waals surface area contributed by atoms with Crippen molar-refractivity contribution >= 4 is 32.5 Å². The zero-order valence-electron chi connectivity index (χ0n) is 15.6. The van der Waals surface area contributed by atoms with E-state index in [1.54, 1.807) is 30.3 Å². The van der Waals surface area contributed by atoms with Crippen LogP contribution in [0.4, 0.5) is 11.6 Å². The Morgan fingerprint density at radius 3 is 2.75 bits per heavy atom. The maximum absolute atomic E-state index is 13.1. The number of aromatic amines is 1. The number of likely N-dealkylation sites (N-methyl/N-ethyl adjacent to an activating group) is 1. The first kappa shape index (κ1) is 18.7. The number of ether oxygens (including phenoxy) is 1. The highest BCUT2D eigenvalue weighted by molar-refractivity contribution is 7.92. The number of aromatic nitrogens is 3. The fourth-order valence-corrected chi connectivity index (χ4v) is 5.11. The monoisotopic (exact) mass is 401 g/mol. The summed E-state index contributed by atoms with van der Waals surface area (Å²) >= 11 is 0. The molecule has 0 amide bonds. The van der Waals surface area contributed by atoms with Crippen LogP contribution in [0.5, 0.6) is 0 Å². The van der Waals surface area contributed by atoms with Crippen LogP contribution < -0.4 is 10.6 Å². The largest absolute Gasteiger partial charge is 0.384 e. The molecule has 8 nitrogen and oxygen atoms in total. The number of anilines is 2. The van der Waals surface area contributed by atoms with Crippen LogP contribution in [0.2, 0.25) is 0 Å². The molecule has 1 aliphatic heterocycles. The fraction of sp³-hybridized carbons (Fsp3) is 0.368. The number of nitrogens with two attached hydrogens (primary N) is 1. The van der Waals surface area contributed by atoms with E-state index in [1.165, 1.54) is 6.33 Å². The second-order valence-corrected chi connectivity index (χ2v) is 8.86. The molecule has 2 aromatic heterocycles. The summed E-state index contributed by atoms with van der Waals surface area (Å²) < 4.78 is 32.1. The third-order valence-corrected chi connectivity index (χ3v) is 6.83. The predicted molar refractivity (Wildman–Crippen MR) is 107 cm³/mol. The minimum absolute atomic E-state index is 0.0142. The molecule has 1 saturated heterocycles. The highest BCUT2D eigenvalue weighted by Crippen LogP contribution is 2.35. The van der Waals surface area contributed by atoms with Gasteiger partial charge in [0.1, 0.15) is 28.1 Å². The molecule has 4 rings (SSSR count). The van der Waals surface area contributed by atoms with Gasteiger partial charge in [-0.15, -0.1) is 0 Å². The lowest BCUT2D eigenvalue weighted by Crippen LogP contribution is -2.33. The van der Waals surface area contributed by atoms with Gasteiger partial charge < -0.3 is 20.4 Å². The van der Waals surface area contributed by atoms with Gasteiger partial charge in [-0.25, -0.2) is 18.4 Å². The van der Waals surface area contributed by atoms with Crippen LogP contribution >= 0.6 is 0 Å². The number of benzene rings is 1. The fourth-order valence-electron chi connectivity index (χ4n) is 3.60. The Morgan fingerprint density at radius 1 is 1.25 bits per heavy atom. The molecular weight excluding hydrogens is 378 g/mol. The summed E-state index contributed by atoms with van der Waals surface area (Å²) in [4.78, 5) is 13.7. The summed E-state index contributed by atoms with van der Waals surface area (Å²) in [5, 5.41) is 0. The first-order valence-corrected chi connectivity index (χ1v) is 10.7. The lowest BCUT2D eigenvalue weighted by Gasteiger charge is -2.28. The number of hydrogen-bond donors (Lipinski definition) is 2. The summed E-state index contributed by atoms with van der Waals surface area (Å²) in [6, 6.07) is 8.21. The predicted octanol–water partition coefficient (Wildman–Crippen LogP) is 2.38. The van der Waals surface area contributed by atoms with Crippen molar-refractivity contribution < 1.29 is 13.2 Å². The van der Waals surface area contributed by atoms with E-state index < -0.39 is 9.84 Å². The molecule has 3 aromatic rings. The molecule has 148 valence electrons. The number of H-pyrrole nitrogens is 1. The molecule has 1 aliphatic rings. The van der Waals surface area contributed by atoms with Gasteiger partial charge in [0.25, 0.3) is 0 Å². The lowest BCUT2D eigenvalue weighted by atomic mass is 10.1. The smallest absolute Gasteiger partial charge is 0.212 e. The van der Waals surface area contributed by atoms with Crippen molar-refractivity contribution in [3.05, 3.63) is 36.7 Å². The third-order valence-electron chi connectivity index (χ3n) is 4.98. The van der Waals surface area contributed by atoms with Gasteiger partial charge >= 0.3 is 0 Å². The maximum Gasteiger partial charge on any atom is 0.212 e. The second-order valence-electron chi connectivity index (χ2n) is 6.97. The summed E-state index contributed by atoms with van der Waals surface area (Å²) in [5.74, 6) is 0.656. The van der Waals surface area contributed by atoms with Crippen LogP contribution in [0.25, 0.3) is 11.0 Å². The van der Waals surface area contributed by atoms with Crippen molar-refractivity contribution in [1.82, 2.24) is 15.0 Å². The minimum Gasteiger partial charge on any atom is -0.384 e. The van der Waals surface area contributed by atoms with E-state index in [4.69, 9.17) is 10.5 Å². The van der Waals surface area contributed by atoms with Gasteiger partial charge in [-0.3, -0.25) is 0 Å². The van der Waals surface area contributed by atoms with Gasteiger partial charge in [0.2, 0.25) is 9.84 Å². The van der Waals surface area contributed by atoms with E-state index in [9.17, 15) is 8.42 Å². The Kier molecular flexibility index (Phi) is 4.94. The van der Waals surface area contributed by atoms with Gasteiger partial charge in [0.15, 0.2) is 5.82 Å². The van der Waals surface area contributed by atoms with E-state index in [-0.39, 0.29) is 21.7 Å². The molecular formula is C19H23N5O3S. The Bertz CT molecular complexity index is 1080. The number of hydrogen-bond acceptors (Lipinski definition) is 7. The standard InChI is InChI=1S/C19H23N5O3S/c1-24(11-13-7-5-6-10-27-13)19-16-15(21-12-22-19)17(18(20)23-16)28(25,26)14-8-3-2-4-9-14/h2-4,8-9,12-13,23H,5-7,10-11,20H2,1H3. The minimum atomic E-state index is -3.81. The molecule has 1 aromatic carbocycles. The Balaban J connectivity index is 1.75. The van der Waals surface area contributed by atoms with Crippen molar-refractivity contribution in [2.45, 2.75) is 35.2 Å². The highest BCUT2D eigenvalue weighted by atomic mass is 32.2. The number of nitrogens with one attached hydrogen (secondary N) is 1. The second kappa shape index (κ2) is 7.40. The maximum atomic E-state index is 13.1. The summed E-state index contributed by atoms with van der Waals surface area (Å²) in [6.45, 7) is 1.43. The van der Waals surface area contributed by atoms with Crippen LogP contribution in [0.3, 0.4) is 0 Å². The van der Waals surface area contributed by atoms with Gasteiger partial charge in [0, 0.05) is 20.2 Å². The number of rotatable bonds is 5. The molecule has 3 N–H and O–H groups in total. The molecule has 28 heavy (non-hydrogen) atoms. The first-order chi connectivity index (χ1) is 13.5. The van der Waals surface area contributed by atoms with Gasteiger partial charge in [0.05, 0.1) is 11.0 Å². The van der Waals surface area contributed by atoms with Crippen molar-refractivity contribution in [2.75, 3.05) is 30.8 Å². The van der Waals surface area contributed by atoms with Crippen LogP contribution in [0.1, 0.15) is 19.3 Å². The van der Waals surface area contributed by atoms with Crippen LogP contribution in [0.15, 0.2) is 46.5 Å². The van der Waals surface area contributed by atoms with Gasteiger partial charge in [-0.2, -0.15) is 0 Å². The molecule has 1 atom stereocenters. The van der Waals surface area contributed by atoms with E-state index >= 15 is 0 Å². The van der Waals surface area contributed by atoms with E-state index in [0.29, 0.717) is 23.4 Å². The summed E-state index contributed by atoms with van der Waals surface area (Å²) in [5.41, 5.74) is 6.89. The summed E-state index contributed by atoms with van der Waals surface area (Å²) in [6.07, 6.45) is 4.73. The molecule has 0 spiro atoms. The molecule has 0 radical (unpaired) electrons. The molecule has 0 bridgehead atoms. The third kappa shape index (κ3) is 3.31. The average molecular weight is 401 g/mol. The van der Waals surface area contributed by atoms with Gasteiger partial charge in [-0.05, 0) is 31.4 Å². The SMILES string of the molecule is CN(CC1CCCCO1)c1ncnc2c(S(=O)(=O)c3ccccc3)c(N)[nH]c12. The normalized spacial score (nSPS) is 17.7. The topological polar surface area (TPSA) is 114 Å². The molecule has 1 fully saturated rings. The van der Waals surface area contributed by atoms with Crippen molar-refractivity contribution in [1.29, 1.82) is 0 Å². The van der Waals surface area contributed by atoms with Crippen molar-refractivity contribution in [2.24, 2.45) is 0 Å². The van der Waals surface area contributed by atoms with E-state index in [0.717, 1.165) is 25.9 Å². The zero-order valence-corrected chi connectivity index (χ0v) is 16.4. The Labute approximate surface area is 163 Å². The first-order valence-electron chi connectivity index (χ1n) is 9.23.